The molecule has 1 aliphatic rings. The molecule has 0 spiro atoms. The summed E-state index contributed by atoms with van der Waals surface area (Å²) in [7, 11) is 0. The van der Waals surface area contributed by atoms with Gasteiger partial charge in [0.1, 0.15) is 6.26 Å². The van der Waals surface area contributed by atoms with Crippen LogP contribution in [0.3, 0.4) is 0 Å². The average molecular weight is 375 g/mol. The lowest BCUT2D eigenvalue weighted by molar-refractivity contribution is -0.116. The molecule has 3 aromatic rings. The maximum absolute atomic E-state index is 12.4. The molecule has 0 bridgehead atoms. The van der Waals surface area contributed by atoms with E-state index >= 15 is 0 Å². The minimum Gasteiger partial charge on any atom is -0.432 e. The van der Waals surface area contributed by atoms with Gasteiger partial charge in [0, 0.05) is 12.5 Å². The van der Waals surface area contributed by atoms with Crippen molar-refractivity contribution in [3.8, 4) is 0 Å². The molecule has 1 aromatic heterocycles. The number of amides is 1. The van der Waals surface area contributed by atoms with Crippen LogP contribution < -0.4 is 10.2 Å². The predicted octanol–water partition coefficient (Wildman–Crippen LogP) is 4.12. The number of aromatic nitrogens is 1. The molecule has 2 aromatic carbocycles. The van der Waals surface area contributed by atoms with Gasteiger partial charge in [-0.1, -0.05) is 35.9 Å². The van der Waals surface area contributed by atoms with Gasteiger partial charge in [0.05, 0.1) is 18.4 Å². The van der Waals surface area contributed by atoms with Crippen LogP contribution in [0.25, 0.3) is 12.2 Å². The Balaban J connectivity index is 1.72. The fourth-order valence-corrected chi connectivity index (χ4v) is 3.36. The van der Waals surface area contributed by atoms with Gasteiger partial charge in [-0.25, -0.2) is 4.98 Å². The number of benzene rings is 2. The second-order valence-electron chi connectivity index (χ2n) is 6.84. The van der Waals surface area contributed by atoms with Crippen molar-refractivity contribution >= 4 is 29.8 Å². The molecule has 1 aliphatic heterocycles. The molecule has 2 heterocycles. The summed E-state index contributed by atoms with van der Waals surface area (Å²) >= 11 is 0. The van der Waals surface area contributed by atoms with Crippen LogP contribution in [0.15, 0.2) is 53.3 Å². The van der Waals surface area contributed by atoms with Crippen molar-refractivity contribution in [3.63, 3.8) is 0 Å². The standard InChI is InChI=1S/C22H21N3O3/c1-14-3-8-20-17(11-14)6-4-16-5-7-18(12-19(16)13-25(20)15(2)26)21(27)24-22-23-9-10-28-22/h3-12,21,27H,13H2,1-2H3,(H,23,24)/b6-4-. The normalized spacial score (nSPS) is 15.0. The molecule has 0 saturated carbocycles. The molecule has 0 aliphatic carbocycles. The Labute approximate surface area is 163 Å². The second kappa shape index (κ2) is 7.32. The Morgan fingerprint density at radius 2 is 2.04 bits per heavy atom. The second-order valence-corrected chi connectivity index (χ2v) is 6.84. The first-order chi connectivity index (χ1) is 13.5. The van der Waals surface area contributed by atoms with E-state index in [1.54, 1.807) is 11.8 Å². The lowest BCUT2D eigenvalue weighted by Crippen LogP contribution is -2.29. The number of nitrogens with one attached hydrogen (secondary N) is 1. The van der Waals surface area contributed by atoms with Crippen molar-refractivity contribution in [2.45, 2.75) is 26.6 Å². The molecular weight excluding hydrogens is 354 g/mol. The molecule has 28 heavy (non-hydrogen) atoms. The summed E-state index contributed by atoms with van der Waals surface area (Å²) in [5.74, 6) is -0.0322. The van der Waals surface area contributed by atoms with E-state index in [2.05, 4.69) is 16.4 Å². The maximum atomic E-state index is 12.4. The number of aliphatic hydroxyl groups is 1. The molecule has 4 rings (SSSR count). The molecule has 1 amide bonds. The van der Waals surface area contributed by atoms with Gasteiger partial charge in [0.2, 0.25) is 5.91 Å². The molecule has 0 fully saturated rings. The van der Waals surface area contributed by atoms with E-state index in [-0.39, 0.29) is 11.9 Å². The number of oxazole rings is 1. The van der Waals surface area contributed by atoms with Crippen LogP contribution in [-0.2, 0) is 11.3 Å². The number of hydrogen-bond acceptors (Lipinski definition) is 5. The van der Waals surface area contributed by atoms with E-state index in [1.807, 2.05) is 49.4 Å². The summed E-state index contributed by atoms with van der Waals surface area (Å²) in [5, 5.41) is 13.3. The van der Waals surface area contributed by atoms with E-state index in [9.17, 15) is 9.90 Å². The van der Waals surface area contributed by atoms with Crippen LogP contribution in [0, 0.1) is 6.92 Å². The SMILES string of the molecule is CC(=O)N1Cc2cc(C(O)Nc3ncco3)ccc2/C=C\c2cc(C)ccc21. The molecule has 6 heteroatoms. The minimum absolute atomic E-state index is 0.0322. The van der Waals surface area contributed by atoms with Gasteiger partial charge in [0.15, 0.2) is 6.23 Å². The third-order valence-electron chi connectivity index (χ3n) is 4.80. The zero-order valence-electron chi connectivity index (χ0n) is 15.7. The van der Waals surface area contributed by atoms with Crippen LogP contribution in [-0.4, -0.2) is 16.0 Å². The third kappa shape index (κ3) is 3.54. The number of rotatable bonds is 3. The molecule has 0 saturated heterocycles. The van der Waals surface area contributed by atoms with Gasteiger partial charge < -0.3 is 19.7 Å². The molecule has 6 nitrogen and oxygen atoms in total. The first-order valence-electron chi connectivity index (χ1n) is 9.05. The van der Waals surface area contributed by atoms with Gasteiger partial charge in [-0.05, 0) is 41.8 Å². The fraction of sp³-hybridized carbons (Fsp3) is 0.182. The molecule has 1 atom stereocenters. The van der Waals surface area contributed by atoms with Crippen molar-refractivity contribution in [1.29, 1.82) is 0 Å². The van der Waals surface area contributed by atoms with Crippen molar-refractivity contribution in [2.75, 3.05) is 10.2 Å². The van der Waals surface area contributed by atoms with Gasteiger partial charge in [-0.3, -0.25) is 4.79 Å². The monoisotopic (exact) mass is 375 g/mol. The Kier molecular flexibility index (Phi) is 4.71. The predicted molar refractivity (Wildman–Crippen MR) is 108 cm³/mol. The van der Waals surface area contributed by atoms with Crippen molar-refractivity contribution in [1.82, 2.24) is 4.98 Å². The summed E-state index contributed by atoms with van der Waals surface area (Å²) in [4.78, 5) is 18.1. The molecule has 0 radical (unpaired) electrons. The summed E-state index contributed by atoms with van der Waals surface area (Å²) < 4.78 is 5.13. The molecular formula is C22H21N3O3. The Morgan fingerprint density at radius 1 is 1.21 bits per heavy atom. The number of carbonyl (C=O) groups is 1. The highest BCUT2D eigenvalue weighted by Crippen LogP contribution is 2.31. The third-order valence-corrected chi connectivity index (χ3v) is 4.80. The molecule has 1 unspecified atom stereocenters. The smallest absolute Gasteiger partial charge is 0.296 e. The van der Waals surface area contributed by atoms with Crippen molar-refractivity contribution in [2.24, 2.45) is 0 Å². The minimum atomic E-state index is -0.973. The Hall–Kier alpha value is -3.38. The summed E-state index contributed by atoms with van der Waals surface area (Å²) in [5.41, 5.74) is 5.65. The zero-order valence-corrected chi connectivity index (χ0v) is 15.7. The van der Waals surface area contributed by atoms with Gasteiger partial charge in [-0.15, -0.1) is 0 Å². The lowest BCUT2D eigenvalue weighted by atomic mass is 9.97. The van der Waals surface area contributed by atoms with Crippen LogP contribution >= 0.6 is 0 Å². The number of fused-ring (bicyclic) bond motifs is 2. The molecule has 2 N–H and O–H groups in total. The average Bonchev–Trinajstić information content (AvgIpc) is 3.16. The first kappa shape index (κ1) is 18.0. The quantitative estimate of drug-likeness (QED) is 0.673. The largest absolute Gasteiger partial charge is 0.432 e. The summed E-state index contributed by atoms with van der Waals surface area (Å²) in [6.45, 7) is 4.02. The number of anilines is 2. The maximum Gasteiger partial charge on any atom is 0.296 e. The number of aliphatic hydroxyl groups excluding tert-OH is 1. The van der Waals surface area contributed by atoms with E-state index in [4.69, 9.17) is 4.42 Å². The number of carbonyl (C=O) groups excluding carboxylic acids is 1. The number of nitrogens with zero attached hydrogens (tertiary/aromatic N) is 2. The van der Waals surface area contributed by atoms with E-state index in [0.717, 1.165) is 27.9 Å². The van der Waals surface area contributed by atoms with Crippen LogP contribution in [0.1, 0.15) is 41.0 Å². The Bertz CT molecular complexity index is 1040. The van der Waals surface area contributed by atoms with Gasteiger partial charge in [-0.2, -0.15) is 0 Å². The lowest BCUT2D eigenvalue weighted by Gasteiger charge is -2.26. The summed E-state index contributed by atoms with van der Waals surface area (Å²) in [6.07, 6.45) is 6.04. The van der Waals surface area contributed by atoms with Crippen molar-refractivity contribution < 1.29 is 14.3 Å². The van der Waals surface area contributed by atoms with Crippen LogP contribution in [0.2, 0.25) is 0 Å². The van der Waals surface area contributed by atoms with E-state index < -0.39 is 6.23 Å². The highest BCUT2D eigenvalue weighted by atomic mass is 16.4. The van der Waals surface area contributed by atoms with Gasteiger partial charge >= 0.3 is 0 Å². The van der Waals surface area contributed by atoms with Gasteiger partial charge in [0.25, 0.3) is 6.01 Å². The van der Waals surface area contributed by atoms with Crippen molar-refractivity contribution in [3.05, 3.63) is 76.7 Å². The van der Waals surface area contributed by atoms with E-state index in [1.165, 1.54) is 12.5 Å². The topological polar surface area (TPSA) is 78.6 Å². The number of aryl methyl sites for hydroxylation is 1. The highest BCUT2D eigenvalue weighted by molar-refractivity contribution is 5.95. The van der Waals surface area contributed by atoms with E-state index in [0.29, 0.717) is 12.1 Å². The van der Waals surface area contributed by atoms with Crippen LogP contribution in [0.5, 0.6) is 0 Å². The number of hydrogen-bond donors (Lipinski definition) is 2. The fourth-order valence-electron chi connectivity index (χ4n) is 3.36. The zero-order chi connectivity index (χ0) is 19.7. The Morgan fingerprint density at radius 3 is 2.79 bits per heavy atom. The van der Waals surface area contributed by atoms with Crippen LogP contribution in [0.4, 0.5) is 11.7 Å². The molecule has 142 valence electrons. The summed E-state index contributed by atoms with van der Waals surface area (Å²) in [6, 6.07) is 12.0. The first-order valence-corrected chi connectivity index (χ1v) is 9.05. The highest BCUT2D eigenvalue weighted by Gasteiger charge is 2.20.